The first kappa shape index (κ1) is 18.2. The molecule has 0 unspecified atom stereocenters. The highest BCUT2D eigenvalue weighted by Gasteiger charge is 2.22. The van der Waals surface area contributed by atoms with Crippen molar-refractivity contribution in [2.75, 3.05) is 13.7 Å². The lowest BCUT2D eigenvalue weighted by Gasteiger charge is -2.18. The van der Waals surface area contributed by atoms with E-state index in [9.17, 15) is 4.79 Å². The average Bonchev–Trinajstić information content (AvgIpc) is 2.68. The Balaban J connectivity index is 1.69. The maximum atomic E-state index is 12.8. The Bertz CT molecular complexity index is 788. The number of rotatable bonds is 7. The predicted octanol–water partition coefficient (Wildman–Crippen LogP) is 5.48. The lowest BCUT2D eigenvalue weighted by Crippen LogP contribution is -2.14. The number of fused-ring (bicyclic) bond motifs is 1. The van der Waals surface area contributed by atoms with Gasteiger partial charge in [0.2, 0.25) is 0 Å². The van der Waals surface area contributed by atoms with Gasteiger partial charge in [0.25, 0.3) is 0 Å². The minimum Gasteiger partial charge on any atom is -0.497 e. The first-order valence-corrected chi connectivity index (χ1v) is 9.36. The van der Waals surface area contributed by atoms with E-state index < -0.39 is 0 Å². The van der Waals surface area contributed by atoms with Crippen LogP contribution in [0.1, 0.15) is 54.1 Å². The van der Waals surface area contributed by atoms with E-state index in [1.807, 2.05) is 48.5 Å². The zero-order chi connectivity index (χ0) is 18.4. The highest BCUT2D eigenvalue weighted by Crippen LogP contribution is 2.29. The van der Waals surface area contributed by atoms with Crippen LogP contribution in [-0.2, 0) is 6.42 Å². The molecule has 0 N–H and O–H groups in total. The van der Waals surface area contributed by atoms with Crippen LogP contribution in [0.2, 0.25) is 0 Å². The van der Waals surface area contributed by atoms with Crippen LogP contribution in [-0.4, -0.2) is 19.5 Å². The molecule has 0 amide bonds. The van der Waals surface area contributed by atoms with Gasteiger partial charge in [0.1, 0.15) is 11.5 Å². The lowest BCUT2D eigenvalue weighted by atomic mass is 9.86. The number of ether oxygens (including phenoxy) is 2. The molecule has 3 nitrogen and oxygen atoms in total. The van der Waals surface area contributed by atoms with Gasteiger partial charge in [-0.05, 0) is 66.8 Å². The normalized spacial score (nSPS) is 15.0. The Kier molecular flexibility index (Phi) is 6.11. The van der Waals surface area contributed by atoms with Crippen LogP contribution in [0.3, 0.4) is 0 Å². The lowest BCUT2D eigenvalue weighted by molar-refractivity contribution is 0.102. The average molecular weight is 350 g/mol. The van der Waals surface area contributed by atoms with E-state index in [4.69, 9.17) is 9.47 Å². The van der Waals surface area contributed by atoms with Crippen LogP contribution in [0.15, 0.2) is 48.0 Å². The maximum Gasteiger partial charge on any atom is 0.189 e. The molecule has 0 fully saturated rings. The minimum atomic E-state index is 0.119. The molecule has 136 valence electrons. The Labute approximate surface area is 155 Å². The van der Waals surface area contributed by atoms with Crippen molar-refractivity contribution in [2.45, 2.75) is 39.0 Å². The zero-order valence-electron chi connectivity index (χ0n) is 15.6. The first-order valence-electron chi connectivity index (χ1n) is 9.36. The molecule has 0 aliphatic heterocycles. The Hall–Kier alpha value is -2.55. The summed E-state index contributed by atoms with van der Waals surface area (Å²) in [6.45, 7) is 2.94. The second kappa shape index (κ2) is 8.70. The van der Waals surface area contributed by atoms with Crippen molar-refractivity contribution in [1.29, 1.82) is 0 Å². The maximum absolute atomic E-state index is 12.8. The molecule has 0 spiro atoms. The van der Waals surface area contributed by atoms with Crippen molar-refractivity contribution >= 4 is 11.9 Å². The summed E-state index contributed by atoms with van der Waals surface area (Å²) < 4.78 is 11.0. The molecule has 0 saturated carbocycles. The molecule has 2 aromatic rings. The van der Waals surface area contributed by atoms with Crippen LogP contribution < -0.4 is 9.47 Å². The van der Waals surface area contributed by atoms with Gasteiger partial charge in [0.05, 0.1) is 13.7 Å². The van der Waals surface area contributed by atoms with E-state index in [2.05, 4.69) is 6.92 Å². The van der Waals surface area contributed by atoms with Gasteiger partial charge in [-0.15, -0.1) is 0 Å². The number of ketones is 1. The number of Topliss-reactive ketones (excluding diaryl/α,β-unsaturated/α-hetero) is 1. The van der Waals surface area contributed by atoms with Crippen molar-refractivity contribution < 1.29 is 14.3 Å². The minimum absolute atomic E-state index is 0.119. The molecule has 0 atom stereocenters. The summed E-state index contributed by atoms with van der Waals surface area (Å²) in [4.78, 5) is 12.8. The van der Waals surface area contributed by atoms with E-state index in [0.717, 1.165) is 59.6 Å². The summed E-state index contributed by atoms with van der Waals surface area (Å²) in [5.41, 5.74) is 3.76. The first-order chi connectivity index (χ1) is 12.7. The van der Waals surface area contributed by atoms with E-state index in [1.54, 1.807) is 7.11 Å². The summed E-state index contributed by atoms with van der Waals surface area (Å²) in [7, 11) is 1.65. The highest BCUT2D eigenvalue weighted by molar-refractivity contribution is 6.13. The predicted molar refractivity (Wildman–Crippen MR) is 105 cm³/mol. The SMILES string of the molecule is CCCCCOc1ccc(/C=C2\CCc3cc(OC)ccc3C2=O)cc1. The number of carbonyl (C=O) groups is 1. The fourth-order valence-corrected chi connectivity index (χ4v) is 3.22. The van der Waals surface area contributed by atoms with Gasteiger partial charge in [-0.1, -0.05) is 31.9 Å². The van der Waals surface area contributed by atoms with Crippen molar-refractivity contribution in [3.8, 4) is 11.5 Å². The number of unbranched alkanes of at least 4 members (excludes halogenated alkanes) is 2. The monoisotopic (exact) mass is 350 g/mol. The molecule has 0 saturated heterocycles. The molecule has 3 heteroatoms. The summed E-state index contributed by atoms with van der Waals surface area (Å²) in [5, 5.41) is 0. The summed E-state index contributed by atoms with van der Waals surface area (Å²) in [6.07, 6.45) is 7.09. The molecule has 26 heavy (non-hydrogen) atoms. The zero-order valence-corrected chi connectivity index (χ0v) is 15.6. The Morgan fingerprint density at radius 3 is 2.50 bits per heavy atom. The molecule has 0 bridgehead atoms. The summed E-state index contributed by atoms with van der Waals surface area (Å²) >= 11 is 0. The van der Waals surface area contributed by atoms with Gasteiger partial charge >= 0.3 is 0 Å². The molecule has 0 radical (unpaired) electrons. The van der Waals surface area contributed by atoms with Crippen LogP contribution in [0.25, 0.3) is 6.08 Å². The number of carbonyl (C=O) groups excluding carboxylic acids is 1. The Morgan fingerprint density at radius 2 is 1.77 bits per heavy atom. The number of allylic oxidation sites excluding steroid dienone is 1. The van der Waals surface area contributed by atoms with E-state index in [-0.39, 0.29) is 5.78 Å². The Morgan fingerprint density at radius 1 is 1.00 bits per heavy atom. The summed E-state index contributed by atoms with van der Waals surface area (Å²) in [6, 6.07) is 13.7. The topological polar surface area (TPSA) is 35.5 Å². The number of hydrogen-bond donors (Lipinski definition) is 0. The third-order valence-corrected chi connectivity index (χ3v) is 4.75. The molecule has 0 heterocycles. The van der Waals surface area contributed by atoms with Crippen LogP contribution >= 0.6 is 0 Å². The van der Waals surface area contributed by atoms with Gasteiger partial charge in [-0.2, -0.15) is 0 Å². The second-order valence-corrected chi connectivity index (χ2v) is 6.65. The fraction of sp³-hybridized carbons (Fsp3) is 0.348. The van der Waals surface area contributed by atoms with E-state index in [0.29, 0.717) is 0 Å². The van der Waals surface area contributed by atoms with E-state index >= 15 is 0 Å². The molecule has 1 aliphatic rings. The van der Waals surface area contributed by atoms with E-state index in [1.165, 1.54) is 12.8 Å². The van der Waals surface area contributed by atoms with Crippen LogP contribution in [0.5, 0.6) is 11.5 Å². The molecular weight excluding hydrogens is 324 g/mol. The number of aryl methyl sites for hydroxylation is 1. The highest BCUT2D eigenvalue weighted by atomic mass is 16.5. The largest absolute Gasteiger partial charge is 0.497 e. The number of benzene rings is 2. The molecule has 3 rings (SSSR count). The van der Waals surface area contributed by atoms with Gasteiger partial charge in [0.15, 0.2) is 5.78 Å². The summed E-state index contributed by atoms with van der Waals surface area (Å²) in [5.74, 6) is 1.81. The van der Waals surface area contributed by atoms with Crippen LogP contribution in [0.4, 0.5) is 0 Å². The number of methoxy groups -OCH3 is 1. The molecule has 1 aliphatic carbocycles. The second-order valence-electron chi connectivity index (χ2n) is 6.65. The smallest absolute Gasteiger partial charge is 0.189 e. The number of hydrogen-bond acceptors (Lipinski definition) is 3. The molecular formula is C23H26O3. The fourth-order valence-electron chi connectivity index (χ4n) is 3.22. The van der Waals surface area contributed by atoms with Crippen molar-refractivity contribution in [2.24, 2.45) is 0 Å². The van der Waals surface area contributed by atoms with Crippen molar-refractivity contribution in [3.63, 3.8) is 0 Å². The standard InChI is InChI=1S/C23H26O3/c1-3-4-5-14-26-20-10-6-17(7-11-20)15-19-9-8-18-16-21(25-2)12-13-22(18)23(19)24/h6-7,10-13,15-16H,3-5,8-9,14H2,1-2H3/b19-15+. The van der Waals surface area contributed by atoms with Gasteiger partial charge in [0, 0.05) is 11.1 Å². The van der Waals surface area contributed by atoms with Crippen LogP contribution in [0, 0.1) is 0 Å². The van der Waals surface area contributed by atoms with Gasteiger partial charge in [-0.3, -0.25) is 4.79 Å². The third kappa shape index (κ3) is 4.34. The van der Waals surface area contributed by atoms with Gasteiger partial charge in [-0.25, -0.2) is 0 Å². The van der Waals surface area contributed by atoms with Crippen molar-refractivity contribution in [3.05, 3.63) is 64.7 Å². The van der Waals surface area contributed by atoms with Gasteiger partial charge < -0.3 is 9.47 Å². The molecule has 0 aromatic heterocycles. The van der Waals surface area contributed by atoms with Crippen molar-refractivity contribution in [1.82, 2.24) is 0 Å². The third-order valence-electron chi connectivity index (χ3n) is 4.75. The quantitative estimate of drug-likeness (QED) is 0.490. The molecule has 2 aromatic carbocycles.